The first-order valence-corrected chi connectivity index (χ1v) is 13.7. The Morgan fingerprint density at radius 2 is 1.69 bits per heavy atom. The Kier molecular flexibility index (Phi) is 8.22. The van der Waals surface area contributed by atoms with Gasteiger partial charge in [0, 0.05) is 18.2 Å². The molecule has 1 N–H and O–H groups in total. The van der Waals surface area contributed by atoms with Gasteiger partial charge in [-0.2, -0.15) is 9.37 Å². The predicted molar refractivity (Wildman–Crippen MR) is 143 cm³/mol. The van der Waals surface area contributed by atoms with Crippen LogP contribution in [0.1, 0.15) is 25.6 Å². The normalized spacial score (nSPS) is 11.4. The van der Waals surface area contributed by atoms with Crippen molar-refractivity contribution < 1.29 is 27.4 Å². The summed E-state index contributed by atoms with van der Waals surface area (Å²) in [5, 5.41) is 10.6. The van der Waals surface area contributed by atoms with Crippen LogP contribution in [0.25, 0.3) is 16.8 Å². The Morgan fingerprint density at radius 3 is 2.26 bits per heavy atom. The monoisotopic (exact) mass is 573 g/mol. The zero-order valence-corrected chi connectivity index (χ0v) is 22.9. The number of nitrogens with zero attached hydrogens (tertiary/aromatic N) is 3. The molecule has 4 rings (SSSR count). The molecule has 39 heavy (non-hydrogen) atoms. The fraction of sp³-hybridized carbons (Fsp3) is 0.222. The number of rotatable bonds is 9. The van der Waals surface area contributed by atoms with Gasteiger partial charge < -0.3 is 14.6 Å². The summed E-state index contributed by atoms with van der Waals surface area (Å²) in [4.78, 5) is 20.5. The molecule has 0 unspecified atom stereocenters. The first-order valence-electron chi connectivity index (χ1n) is 11.9. The molecule has 0 saturated heterocycles. The summed E-state index contributed by atoms with van der Waals surface area (Å²) < 4.78 is 52.8. The molecule has 0 amide bonds. The van der Waals surface area contributed by atoms with Crippen molar-refractivity contribution in [3.8, 4) is 34.2 Å². The minimum atomic E-state index is -4.55. The summed E-state index contributed by atoms with van der Waals surface area (Å²) in [6.07, 6.45) is 2.93. The van der Waals surface area contributed by atoms with Crippen LogP contribution in [-0.4, -0.2) is 42.3 Å². The highest BCUT2D eigenvalue weighted by molar-refractivity contribution is 7.91. The Bertz CT molecular complexity index is 1670. The molecular weight excluding hydrogens is 549 g/mol. The molecule has 0 atom stereocenters. The number of methoxy groups -OCH3 is 2. The molecule has 204 valence electrons. The average Bonchev–Trinajstić information content (AvgIpc) is 2.93. The van der Waals surface area contributed by atoms with Crippen LogP contribution in [0, 0.1) is 5.95 Å². The zero-order chi connectivity index (χ0) is 28.3. The molecule has 0 radical (unpaired) electrons. The molecule has 9 nitrogen and oxygen atoms in total. The summed E-state index contributed by atoms with van der Waals surface area (Å²) in [5.41, 5.74) is 0.131. The molecule has 4 aromatic rings. The van der Waals surface area contributed by atoms with E-state index in [4.69, 9.17) is 21.1 Å². The van der Waals surface area contributed by atoms with Gasteiger partial charge in [0.2, 0.25) is 21.7 Å². The van der Waals surface area contributed by atoms with Crippen LogP contribution in [0.4, 0.5) is 4.39 Å². The van der Waals surface area contributed by atoms with Crippen molar-refractivity contribution in [1.29, 1.82) is 0 Å². The van der Waals surface area contributed by atoms with Gasteiger partial charge in [-0.25, -0.2) is 13.4 Å². The smallest absolute Gasteiger partial charge is 0.281 e. The van der Waals surface area contributed by atoms with Gasteiger partial charge in [0.1, 0.15) is 23.0 Å². The van der Waals surface area contributed by atoms with Crippen LogP contribution in [0.5, 0.6) is 17.4 Å². The molecular formula is C27H25ClFN3O6S. The summed E-state index contributed by atoms with van der Waals surface area (Å²) in [6.45, 7) is 1.95. The molecule has 2 aromatic carbocycles. The number of aromatic nitrogens is 3. The molecule has 2 heterocycles. The van der Waals surface area contributed by atoms with E-state index in [1.165, 1.54) is 50.7 Å². The van der Waals surface area contributed by atoms with E-state index in [-0.39, 0.29) is 39.3 Å². The van der Waals surface area contributed by atoms with E-state index in [0.29, 0.717) is 17.5 Å². The van der Waals surface area contributed by atoms with Crippen LogP contribution in [0.15, 0.2) is 69.3 Å². The van der Waals surface area contributed by atoms with Crippen molar-refractivity contribution in [1.82, 2.24) is 14.5 Å². The van der Waals surface area contributed by atoms with E-state index < -0.39 is 32.1 Å². The van der Waals surface area contributed by atoms with Gasteiger partial charge in [0.15, 0.2) is 4.90 Å². The maximum absolute atomic E-state index is 13.9. The fourth-order valence-corrected chi connectivity index (χ4v) is 5.58. The number of aromatic hydroxyl groups is 1. The number of pyridine rings is 1. The van der Waals surface area contributed by atoms with Gasteiger partial charge in [0.25, 0.3) is 5.56 Å². The summed E-state index contributed by atoms with van der Waals surface area (Å²) in [6, 6.07) is 11.7. The highest BCUT2D eigenvalue weighted by atomic mass is 35.5. The molecule has 0 aliphatic heterocycles. The summed E-state index contributed by atoms with van der Waals surface area (Å²) in [5.74, 6) is -1.08. The lowest BCUT2D eigenvalue weighted by Gasteiger charge is -2.19. The van der Waals surface area contributed by atoms with Gasteiger partial charge in [-0.3, -0.25) is 9.36 Å². The minimum Gasteiger partial charge on any atom is -0.494 e. The third kappa shape index (κ3) is 5.32. The van der Waals surface area contributed by atoms with Crippen molar-refractivity contribution in [2.75, 3.05) is 14.2 Å². The van der Waals surface area contributed by atoms with E-state index in [1.807, 2.05) is 6.92 Å². The van der Waals surface area contributed by atoms with Gasteiger partial charge >= 0.3 is 0 Å². The van der Waals surface area contributed by atoms with E-state index >= 15 is 0 Å². The number of para-hydroxylation sites is 1. The highest BCUT2D eigenvalue weighted by Gasteiger charge is 2.31. The van der Waals surface area contributed by atoms with Crippen LogP contribution >= 0.6 is 11.6 Å². The third-order valence-corrected chi connectivity index (χ3v) is 8.09. The number of aryl methyl sites for hydroxylation is 1. The molecule has 12 heteroatoms. The number of benzene rings is 2. The lowest BCUT2D eigenvalue weighted by atomic mass is 10.1. The third-order valence-electron chi connectivity index (χ3n) is 6.04. The first-order chi connectivity index (χ1) is 18.6. The Balaban J connectivity index is 1.91. The molecule has 0 spiro atoms. The van der Waals surface area contributed by atoms with Crippen molar-refractivity contribution in [3.05, 3.63) is 81.9 Å². The first kappa shape index (κ1) is 28.1. The topological polar surface area (TPSA) is 121 Å². The Morgan fingerprint density at radius 1 is 1.05 bits per heavy atom. The molecule has 0 fully saturated rings. The summed E-state index contributed by atoms with van der Waals surface area (Å²) >= 11 is 5.81. The maximum Gasteiger partial charge on any atom is 0.281 e. The second-order valence-corrected chi connectivity index (χ2v) is 10.8. The minimum absolute atomic E-state index is 0.150. The fourth-order valence-electron chi connectivity index (χ4n) is 4.08. The standard InChI is InChI=1S/C27H25ClFN3O6S/c1-4-5-9-22-31-26(33)24(27(34)32(22)23-20(37-2)7-6-8-21(23)38-3)39(35,36)18-12-10-16(11-13-18)17-14-19(28)25(29)30-15-17/h6-8,10-15,33H,4-5,9H2,1-3H3. The lowest BCUT2D eigenvalue weighted by Crippen LogP contribution is -2.29. The molecule has 0 aliphatic carbocycles. The number of unbranched alkanes of at least 4 members (excludes halogenated alkanes) is 1. The van der Waals surface area contributed by atoms with Gasteiger partial charge in [-0.1, -0.05) is 43.1 Å². The number of sulfone groups is 1. The van der Waals surface area contributed by atoms with Gasteiger partial charge in [-0.05, 0) is 42.3 Å². The summed E-state index contributed by atoms with van der Waals surface area (Å²) in [7, 11) is -1.73. The van der Waals surface area contributed by atoms with Crippen LogP contribution < -0.4 is 15.0 Å². The van der Waals surface area contributed by atoms with Crippen LogP contribution in [-0.2, 0) is 16.3 Å². The van der Waals surface area contributed by atoms with Crippen molar-refractivity contribution in [2.24, 2.45) is 0 Å². The van der Waals surface area contributed by atoms with Crippen molar-refractivity contribution >= 4 is 21.4 Å². The molecule has 0 saturated carbocycles. The van der Waals surface area contributed by atoms with Gasteiger partial charge in [-0.15, -0.1) is 0 Å². The quantitative estimate of drug-likeness (QED) is 0.278. The molecule has 0 aliphatic rings. The Labute approximate surface area is 229 Å². The highest BCUT2D eigenvalue weighted by Crippen LogP contribution is 2.34. The van der Waals surface area contributed by atoms with Crippen molar-refractivity contribution in [2.45, 2.75) is 36.0 Å². The van der Waals surface area contributed by atoms with Gasteiger partial charge in [0.05, 0.1) is 24.1 Å². The maximum atomic E-state index is 13.9. The van der Waals surface area contributed by atoms with Crippen LogP contribution in [0.2, 0.25) is 5.02 Å². The van der Waals surface area contributed by atoms with E-state index in [1.54, 1.807) is 18.2 Å². The second kappa shape index (κ2) is 11.4. The molecule has 0 bridgehead atoms. The van der Waals surface area contributed by atoms with E-state index in [9.17, 15) is 22.7 Å². The predicted octanol–water partition coefficient (Wildman–Crippen LogP) is 4.99. The van der Waals surface area contributed by atoms with E-state index in [2.05, 4.69) is 9.97 Å². The largest absolute Gasteiger partial charge is 0.494 e. The number of hydrogen-bond acceptors (Lipinski definition) is 8. The molecule has 2 aromatic heterocycles. The number of halogens is 2. The number of ether oxygens (including phenoxy) is 2. The lowest BCUT2D eigenvalue weighted by molar-refractivity contribution is 0.386. The van der Waals surface area contributed by atoms with Crippen molar-refractivity contribution in [3.63, 3.8) is 0 Å². The second-order valence-electron chi connectivity index (χ2n) is 8.46. The Hall–Kier alpha value is -3.96. The zero-order valence-electron chi connectivity index (χ0n) is 21.3. The van der Waals surface area contributed by atoms with E-state index in [0.717, 1.165) is 11.0 Å². The average molecular weight is 574 g/mol. The number of hydrogen-bond donors (Lipinski definition) is 1. The van der Waals surface area contributed by atoms with Crippen LogP contribution in [0.3, 0.4) is 0 Å². The SMILES string of the molecule is CCCCc1nc(O)c(S(=O)(=O)c2ccc(-c3cnc(F)c(Cl)c3)cc2)c(=O)n1-c1c(OC)cccc1OC.